The van der Waals surface area contributed by atoms with Gasteiger partial charge in [-0.15, -0.1) is 0 Å². The zero-order valence-electron chi connectivity index (χ0n) is 12.2. The van der Waals surface area contributed by atoms with Crippen molar-refractivity contribution >= 4 is 11.7 Å². The Morgan fingerprint density at radius 1 is 1.39 bits per heavy atom. The molecule has 0 spiro atoms. The van der Waals surface area contributed by atoms with Gasteiger partial charge >= 0.3 is 0 Å². The smallest absolute Gasteiger partial charge is 0.273 e. The van der Waals surface area contributed by atoms with E-state index in [2.05, 4.69) is 20.3 Å². The van der Waals surface area contributed by atoms with Crippen LogP contribution in [0, 0.1) is 5.82 Å². The number of aromatic nitrogens is 3. The van der Waals surface area contributed by atoms with Crippen LogP contribution >= 0.6 is 0 Å². The van der Waals surface area contributed by atoms with Crippen LogP contribution in [0.2, 0.25) is 0 Å². The van der Waals surface area contributed by atoms with Crippen LogP contribution in [-0.4, -0.2) is 20.9 Å². The lowest BCUT2D eigenvalue weighted by Gasteiger charge is -2.13. The van der Waals surface area contributed by atoms with Gasteiger partial charge in [0.2, 0.25) is 5.89 Å². The molecule has 0 saturated heterocycles. The van der Waals surface area contributed by atoms with Crippen molar-refractivity contribution in [3.05, 3.63) is 53.9 Å². The number of halogens is 1. The number of nitrogens with two attached hydrogens (primary N) is 1. The maximum atomic E-state index is 12.9. The van der Waals surface area contributed by atoms with Crippen molar-refractivity contribution in [2.45, 2.75) is 13.0 Å². The monoisotopic (exact) mass is 315 g/mol. The van der Waals surface area contributed by atoms with Gasteiger partial charge in [-0.3, -0.25) is 4.79 Å². The molecular formula is C15H14FN5O2. The van der Waals surface area contributed by atoms with E-state index in [0.29, 0.717) is 5.69 Å². The van der Waals surface area contributed by atoms with Crippen molar-refractivity contribution in [2.24, 2.45) is 0 Å². The van der Waals surface area contributed by atoms with Crippen LogP contribution < -0.4 is 11.1 Å². The Hall–Kier alpha value is -3.16. The first-order valence-corrected chi connectivity index (χ1v) is 6.85. The van der Waals surface area contributed by atoms with Gasteiger partial charge in [-0.25, -0.2) is 14.4 Å². The number of aromatic amines is 1. The van der Waals surface area contributed by atoms with E-state index in [1.165, 1.54) is 24.7 Å². The summed E-state index contributed by atoms with van der Waals surface area (Å²) in [7, 11) is 0. The van der Waals surface area contributed by atoms with Gasteiger partial charge in [0.05, 0.1) is 12.4 Å². The van der Waals surface area contributed by atoms with E-state index >= 15 is 0 Å². The van der Waals surface area contributed by atoms with Crippen molar-refractivity contribution in [3.8, 4) is 11.6 Å². The molecule has 23 heavy (non-hydrogen) atoms. The normalized spacial score (nSPS) is 12.1. The molecule has 2 aromatic heterocycles. The van der Waals surface area contributed by atoms with E-state index in [1.807, 2.05) is 0 Å². The molecular weight excluding hydrogens is 301 g/mol. The Labute approximate surface area is 130 Å². The number of nitrogens with zero attached hydrogens (tertiary/aromatic N) is 2. The minimum atomic E-state index is -0.407. The van der Waals surface area contributed by atoms with Crippen LogP contribution in [0.3, 0.4) is 0 Å². The van der Waals surface area contributed by atoms with Gasteiger partial charge < -0.3 is 20.5 Å². The van der Waals surface area contributed by atoms with Crippen LogP contribution in [0.15, 0.2) is 41.3 Å². The quantitative estimate of drug-likeness (QED) is 0.684. The van der Waals surface area contributed by atoms with E-state index in [9.17, 15) is 9.18 Å². The van der Waals surface area contributed by atoms with Gasteiger partial charge in [-0.1, -0.05) is 12.1 Å². The maximum Gasteiger partial charge on any atom is 0.273 e. The second-order valence-electron chi connectivity index (χ2n) is 4.95. The number of benzene rings is 1. The van der Waals surface area contributed by atoms with Crippen LogP contribution in [0.25, 0.3) is 11.6 Å². The first kappa shape index (κ1) is 14.8. The van der Waals surface area contributed by atoms with Crippen LogP contribution in [-0.2, 0) is 0 Å². The minimum absolute atomic E-state index is 0.114. The highest BCUT2D eigenvalue weighted by Crippen LogP contribution is 2.21. The summed E-state index contributed by atoms with van der Waals surface area (Å²) in [6.07, 6.45) is 2.65. The molecule has 4 N–H and O–H groups in total. The molecule has 0 aliphatic rings. The maximum absolute atomic E-state index is 12.9. The second kappa shape index (κ2) is 5.91. The lowest BCUT2D eigenvalue weighted by molar-refractivity contribution is 0.0935. The lowest BCUT2D eigenvalue weighted by atomic mass is 10.1. The topological polar surface area (TPSA) is 110 Å². The van der Waals surface area contributed by atoms with Gasteiger partial charge in [0.25, 0.3) is 5.91 Å². The highest BCUT2D eigenvalue weighted by Gasteiger charge is 2.18. The number of oxazole rings is 1. The molecule has 0 saturated carbocycles. The first-order valence-electron chi connectivity index (χ1n) is 6.85. The number of hydrogen-bond donors (Lipinski definition) is 3. The highest BCUT2D eigenvalue weighted by molar-refractivity contribution is 5.92. The van der Waals surface area contributed by atoms with E-state index in [1.54, 1.807) is 19.1 Å². The zero-order valence-corrected chi connectivity index (χ0v) is 12.2. The summed E-state index contributed by atoms with van der Waals surface area (Å²) >= 11 is 0. The third-order valence-electron chi connectivity index (χ3n) is 3.34. The second-order valence-corrected chi connectivity index (χ2v) is 4.95. The number of nitrogens with one attached hydrogen (secondary N) is 2. The van der Waals surface area contributed by atoms with Gasteiger partial charge in [0, 0.05) is 0 Å². The number of carbonyl (C=O) groups excluding carboxylic acids is 1. The zero-order chi connectivity index (χ0) is 16.4. The number of hydrogen-bond acceptors (Lipinski definition) is 5. The summed E-state index contributed by atoms with van der Waals surface area (Å²) in [5.74, 6) is -0.321. The molecule has 0 aliphatic carbocycles. The Kier molecular flexibility index (Phi) is 3.80. The summed E-state index contributed by atoms with van der Waals surface area (Å²) in [6.45, 7) is 1.79. The molecule has 8 heteroatoms. The van der Waals surface area contributed by atoms with Crippen molar-refractivity contribution in [3.63, 3.8) is 0 Å². The Bertz CT molecular complexity index is 825. The van der Waals surface area contributed by atoms with Crippen molar-refractivity contribution in [2.75, 3.05) is 5.73 Å². The molecule has 7 nitrogen and oxygen atoms in total. The fraction of sp³-hybridized carbons (Fsp3) is 0.133. The molecule has 1 atom stereocenters. The minimum Gasteiger partial charge on any atom is -0.442 e. The summed E-state index contributed by atoms with van der Waals surface area (Å²) in [5, 5.41) is 2.76. The molecule has 1 amide bonds. The predicted octanol–water partition coefficient (Wildman–Crippen LogP) is 2.28. The lowest BCUT2D eigenvalue weighted by Crippen LogP contribution is -2.26. The number of imidazole rings is 1. The summed E-state index contributed by atoms with van der Waals surface area (Å²) in [4.78, 5) is 22.9. The number of amides is 1. The predicted molar refractivity (Wildman–Crippen MR) is 80.8 cm³/mol. The van der Waals surface area contributed by atoms with Crippen molar-refractivity contribution in [1.29, 1.82) is 0 Å². The molecule has 3 rings (SSSR count). The Morgan fingerprint density at radius 3 is 2.78 bits per heavy atom. The van der Waals surface area contributed by atoms with Gasteiger partial charge in [0.1, 0.15) is 17.8 Å². The van der Waals surface area contributed by atoms with Crippen LogP contribution in [0.1, 0.15) is 29.0 Å². The van der Waals surface area contributed by atoms with Gasteiger partial charge in [0.15, 0.2) is 11.5 Å². The molecule has 0 fully saturated rings. The van der Waals surface area contributed by atoms with E-state index in [4.69, 9.17) is 10.2 Å². The molecule has 0 aliphatic heterocycles. The standard InChI is InChI=1S/C15H14FN5O2/c1-8(9-2-4-10(16)5-3-9)20-14(22)11-6-23-15(21-11)12-13(17)19-7-18-12/h2-8H,17H2,1H3,(H,18,19)(H,20,22). The third-order valence-corrected chi connectivity index (χ3v) is 3.34. The van der Waals surface area contributed by atoms with Crippen molar-refractivity contribution < 1.29 is 13.6 Å². The molecule has 1 unspecified atom stereocenters. The summed E-state index contributed by atoms with van der Waals surface area (Å²) in [5.41, 5.74) is 6.96. The SMILES string of the molecule is CC(NC(=O)c1coc(-c2[nH]cnc2N)n1)c1ccc(F)cc1. The van der Waals surface area contributed by atoms with E-state index < -0.39 is 5.91 Å². The van der Waals surface area contributed by atoms with E-state index in [0.717, 1.165) is 5.56 Å². The molecule has 118 valence electrons. The van der Waals surface area contributed by atoms with Crippen LogP contribution in [0.4, 0.5) is 10.2 Å². The largest absolute Gasteiger partial charge is 0.442 e. The fourth-order valence-electron chi connectivity index (χ4n) is 2.07. The molecule has 0 radical (unpaired) electrons. The third kappa shape index (κ3) is 3.05. The number of H-pyrrole nitrogens is 1. The van der Waals surface area contributed by atoms with Gasteiger partial charge in [-0.2, -0.15) is 0 Å². The number of carbonyl (C=O) groups is 1. The average molecular weight is 315 g/mol. The van der Waals surface area contributed by atoms with Crippen LogP contribution in [0.5, 0.6) is 0 Å². The van der Waals surface area contributed by atoms with Crippen molar-refractivity contribution in [1.82, 2.24) is 20.3 Å². The van der Waals surface area contributed by atoms with Gasteiger partial charge in [-0.05, 0) is 24.6 Å². The Balaban J connectivity index is 1.72. The summed E-state index contributed by atoms with van der Waals surface area (Å²) in [6, 6.07) is 5.60. The average Bonchev–Trinajstić information content (AvgIpc) is 3.16. The fourth-order valence-corrected chi connectivity index (χ4v) is 2.07. The summed E-state index contributed by atoms with van der Waals surface area (Å²) < 4.78 is 18.2. The number of rotatable bonds is 4. The molecule has 1 aromatic carbocycles. The number of anilines is 1. The molecule has 2 heterocycles. The van der Waals surface area contributed by atoms with E-state index in [-0.39, 0.29) is 29.3 Å². The molecule has 3 aromatic rings. The highest BCUT2D eigenvalue weighted by atomic mass is 19.1. The molecule has 0 bridgehead atoms. The number of nitrogen functional groups attached to an aromatic ring is 1. The first-order chi connectivity index (χ1) is 11.0. The Morgan fingerprint density at radius 2 is 2.13 bits per heavy atom.